The molecule has 1 aromatic rings. The second-order valence-electron chi connectivity index (χ2n) is 5.11. The van der Waals surface area contributed by atoms with E-state index in [0.29, 0.717) is 13.1 Å². The summed E-state index contributed by atoms with van der Waals surface area (Å²) in [6, 6.07) is 0. The molecule has 1 saturated heterocycles. The highest BCUT2D eigenvalue weighted by Crippen LogP contribution is 2.14. The van der Waals surface area contributed by atoms with Crippen LogP contribution in [-0.4, -0.2) is 69.0 Å². The van der Waals surface area contributed by atoms with Crippen molar-refractivity contribution in [3.8, 4) is 0 Å². The van der Waals surface area contributed by atoms with E-state index in [1.807, 2.05) is 13.8 Å². The van der Waals surface area contributed by atoms with Crippen molar-refractivity contribution < 1.29 is 14.5 Å². The molecule has 0 spiro atoms. The molecule has 0 bridgehead atoms. The summed E-state index contributed by atoms with van der Waals surface area (Å²) >= 11 is 0. The highest BCUT2D eigenvalue weighted by molar-refractivity contribution is 5.85. The third kappa shape index (κ3) is 4.42. The lowest BCUT2D eigenvalue weighted by Gasteiger charge is -2.20. The number of rotatable bonds is 7. The standard InChI is InChI=1S/C13H20N6O4.ClH/c1-4-17(5-2)8-10-9-18(13(20)23-10)15-6-11-14-7-12(16(11)3)19(21)22;/h6-7,10H,4-5,8-9H2,1-3H3;1H/b15-6+;. The van der Waals surface area contributed by atoms with E-state index in [0.717, 1.165) is 19.3 Å². The van der Waals surface area contributed by atoms with Crippen molar-refractivity contribution in [3.63, 3.8) is 0 Å². The molecule has 1 aliphatic rings. The number of halogens is 1. The molecule has 2 rings (SSSR count). The topological polar surface area (TPSA) is 106 Å². The van der Waals surface area contributed by atoms with Crippen molar-refractivity contribution in [2.45, 2.75) is 20.0 Å². The number of ether oxygens (including phenoxy) is 1. The minimum absolute atomic E-state index is 0. The van der Waals surface area contributed by atoms with Gasteiger partial charge in [0.05, 0.1) is 13.6 Å². The van der Waals surface area contributed by atoms with Gasteiger partial charge >= 0.3 is 11.9 Å². The van der Waals surface area contributed by atoms with Crippen molar-refractivity contribution in [1.82, 2.24) is 19.5 Å². The Balaban J connectivity index is 0.00000288. The van der Waals surface area contributed by atoms with Crippen LogP contribution in [0.1, 0.15) is 19.7 Å². The molecule has 1 unspecified atom stereocenters. The maximum absolute atomic E-state index is 11.8. The van der Waals surface area contributed by atoms with Gasteiger partial charge in [-0.05, 0) is 18.0 Å². The van der Waals surface area contributed by atoms with E-state index in [1.165, 1.54) is 22.8 Å². The summed E-state index contributed by atoms with van der Waals surface area (Å²) in [5.41, 5.74) is 0. The molecule has 1 atom stereocenters. The van der Waals surface area contributed by atoms with Gasteiger partial charge in [0.1, 0.15) is 18.5 Å². The molecule has 0 aromatic carbocycles. The largest absolute Gasteiger partial charge is 0.441 e. The number of likely N-dealkylation sites (N-methyl/N-ethyl adjacent to an activating group) is 1. The first-order chi connectivity index (χ1) is 11.0. The number of cyclic esters (lactones) is 1. The minimum atomic E-state index is -0.533. The van der Waals surface area contributed by atoms with Crippen LogP contribution in [0.5, 0.6) is 0 Å². The van der Waals surface area contributed by atoms with Crippen LogP contribution in [0.15, 0.2) is 11.3 Å². The summed E-state index contributed by atoms with van der Waals surface area (Å²) in [5.74, 6) is 0.145. The average molecular weight is 361 g/mol. The molecule has 1 fully saturated rings. The number of hydrogen-bond acceptors (Lipinski definition) is 7. The number of carbonyl (C=O) groups is 1. The highest BCUT2D eigenvalue weighted by Gasteiger charge is 2.32. The molecular weight excluding hydrogens is 340 g/mol. The van der Waals surface area contributed by atoms with E-state index in [9.17, 15) is 14.9 Å². The van der Waals surface area contributed by atoms with Gasteiger partial charge in [0.2, 0.25) is 5.82 Å². The van der Waals surface area contributed by atoms with E-state index in [1.54, 1.807) is 0 Å². The second-order valence-corrected chi connectivity index (χ2v) is 5.11. The molecule has 1 aromatic heterocycles. The molecule has 0 N–H and O–H groups in total. The van der Waals surface area contributed by atoms with Gasteiger partial charge in [0.25, 0.3) is 0 Å². The van der Waals surface area contributed by atoms with Gasteiger partial charge in [-0.15, -0.1) is 12.4 Å². The fraction of sp³-hybridized carbons (Fsp3) is 0.615. The SMILES string of the molecule is CCN(CC)CC1CN(/N=C/c2ncc([N+](=O)[O-])n2C)C(=O)O1.Cl. The van der Waals surface area contributed by atoms with Crippen molar-refractivity contribution in [1.29, 1.82) is 0 Å². The van der Waals surface area contributed by atoms with Crippen LogP contribution in [0.3, 0.4) is 0 Å². The number of hydrogen-bond donors (Lipinski definition) is 0. The minimum Gasteiger partial charge on any atom is -0.441 e. The van der Waals surface area contributed by atoms with E-state index in [2.05, 4.69) is 15.0 Å². The number of imidazole rings is 1. The lowest BCUT2D eigenvalue weighted by Crippen LogP contribution is -2.34. The van der Waals surface area contributed by atoms with Gasteiger partial charge in [0, 0.05) is 6.54 Å². The van der Waals surface area contributed by atoms with Gasteiger partial charge < -0.3 is 19.8 Å². The Morgan fingerprint density at radius 2 is 2.21 bits per heavy atom. The smallest absolute Gasteiger partial charge is 0.430 e. The average Bonchev–Trinajstić information content (AvgIpc) is 3.05. The van der Waals surface area contributed by atoms with Crippen LogP contribution >= 0.6 is 12.4 Å². The maximum Gasteiger partial charge on any atom is 0.430 e. The summed E-state index contributed by atoms with van der Waals surface area (Å²) in [4.78, 5) is 28.1. The molecule has 10 nitrogen and oxygen atoms in total. The van der Waals surface area contributed by atoms with Crippen LogP contribution in [0, 0.1) is 10.1 Å². The molecule has 134 valence electrons. The summed E-state index contributed by atoms with van der Waals surface area (Å²) in [6.45, 7) is 6.85. The number of hydrazone groups is 1. The summed E-state index contributed by atoms with van der Waals surface area (Å²) in [7, 11) is 1.51. The number of nitro groups is 1. The van der Waals surface area contributed by atoms with Crippen molar-refractivity contribution in [2.75, 3.05) is 26.2 Å². The summed E-state index contributed by atoms with van der Waals surface area (Å²) < 4.78 is 6.56. The highest BCUT2D eigenvalue weighted by atomic mass is 35.5. The Morgan fingerprint density at radius 1 is 1.54 bits per heavy atom. The molecule has 24 heavy (non-hydrogen) atoms. The first-order valence-corrected chi connectivity index (χ1v) is 7.36. The predicted molar refractivity (Wildman–Crippen MR) is 89.5 cm³/mol. The van der Waals surface area contributed by atoms with E-state index >= 15 is 0 Å². The zero-order chi connectivity index (χ0) is 17.0. The quantitative estimate of drug-likeness (QED) is 0.411. The van der Waals surface area contributed by atoms with Gasteiger partial charge in [0.15, 0.2) is 0 Å². The second kappa shape index (κ2) is 8.60. The van der Waals surface area contributed by atoms with Crippen LogP contribution in [0.2, 0.25) is 0 Å². The maximum atomic E-state index is 11.8. The zero-order valence-electron chi connectivity index (χ0n) is 13.8. The van der Waals surface area contributed by atoms with Crippen LogP contribution < -0.4 is 0 Å². The number of aromatic nitrogens is 2. The Kier molecular flexibility index (Phi) is 7.11. The third-order valence-electron chi connectivity index (χ3n) is 3.71. The van der Waals surface area contributed by atoms with Gasteiger partial charge in [-0.1, -0.05) is 13.8 Å². The van der Waals surface area contributed by atoms with Crippen LogP contribution in [-0.2, 0) is 11.8 Å². The van der Waals surface area contributed by atoms with Gasteiger partial charge in [-0.25, -0.2) is 14.3 Å². The molecular formula is C13H21ClN6O4. The lowest BCUT2D eigenvalue weighted by molar-refractivity contribution is -0.391. The first-order valence-electron chi connectivity index (χ1n) is 7.36. The third-order valence-corrected chi connectivity index (χ3v) is 3.71. The van der Waals surface area contributed by atoms with Crippen molar-refractivity contribution in [2.24, 2.45) is 12.1 Å². The molecule has 0 aliphatic carbocycles. The fourth-order valence-corrected chi connectivity index (χ4v) is 2.29. The summed E-state index contributed by atoms with van der Waals surface area (Å²) in [6.07, 6.45) is 1.69. The van der Waals surface area contributed by atoms with E-state index in [4.69, 9.17) is 4.74 Å². The number of nitrogens with zero attached hydrogens (tertiary/aromatic N) is 6. The fourth-order valence-electron chi connectivity index (χ4n) is 2.29. The van der Waals surface area contributed by atoms with Crippen molar-refractivity contribution >= 4 is 30.5 Å². The number of carbonyl (C=O) groups excluding carboxylic acids is 1. The Hall–Kier alpha value is -2.20. The molecule has 11 heteroatoms. The van der Waals surface area contributed by atoms with Crippen LogP contribution in [0.25, 0.3) is 0 Å². The van der Waals surface area contributed by atoms with E-state index in [-0.39, 0.29) is 30.2 Å². The van der Waals surface area contributed by atoms with E-state index < -0.39 is 11.0 Å². The first kappa shape index (κ1) is 19.8. The zero-order valence-corrected chi connectivity index (χ0v) is 14.6. The molecule has 1 amide bonds. The molecule has 0 radical (unpaired) electrons. The number of amides is 1. The Morgan fingerprint density at radius 3 is 2.75 bits per heavy atom. The summed E-state index contributed by atoms with van der Waals surface area (Å²) in [5, 5.41) is 16.0. The Labute approximate surface area is 145 Å². The van der Waals surface area contributed by atoms with Crippen LogP contribution in [0.4, 0.5) is 10.6 Å². The van der Waals surface area contributed by atoms with Gasteiger partial charge in [-0.3, -0.25) is 0 Å². The van der Waals surface area contributed by atoms with Crippen molar-refractivity contribution in [3.05, 3.63) is 22.1 Å². The monoisotopic (exact) mass is 360 g/mol. The normalized spacial score (nSPS) is 17.4. The van der Waals surface area contributed by atoms with Gasteiger partial charge in [-0.2, -0.15) is 10.1 Å². The molecule has 1 aliphatic heterocycles. The molecule has 2 heterocycles. The lowest BCUT2D eigenvalue weighted by atomic mass is 10.3. The Bertz CT molecular complexity index is 616. The predicted octanol–water partition coefficient (Wildman–Crippen LogP) is 1.25. The molecule has 0 saturated carbocycles.